The molecule has 0 rings (SSSR count). The molecule has 0 amide bonds. The van der Waals surface area contributed by atoms with Crippen LogP contribution in [0.5, 0.6) is 0 Å². The lowest BCUT2D eigenvalue weighted by molar-refractivity contribution is -0.248. The van der Waals surface area contributed by atoms with Crippen LogP contribution in [0.4, 0.5) is 13.2 Å². The monoisotopic (exact) mass is 226 g/mol. The molecule has 0 fully saturated rings. The van der Waals surface area contributed by atoms with Crippen molar-refractivity contribution in [1.29, 1.82) is 0 Å². The second kappa shape index (κ2) is 4.41. The van der Waals surface area contributed by atoms with Gasteiger partial charge in [-0.25, -0.2) is 0 Å². The maximum absolute atomic E-state index is 12.9. The fourth-order valence-electron chi connectivity index (χ4n) is 1.78. The standard InChI is InChI=1S/C10H17F3O2/c1-6(2)5-9(7(3)4,8(14)15)10(11,12)13/h6-7H,5H2,1-4H3,(H,14,15). The molecule has 1 unspecified atom stereocenters. The highest BCUT2D eigenvalue weighted by Gasteiger charge is 2.62. The summed E-state index contributed by atoms with van der Waals surface area (Å²) in [5.74, 6) is -3.07. The Bertz CT molecular complexity index is 233. The molecule has 1 atom stereocenters. The first-order valence-electron chi connectivity index (χ1n) is 4.85. The third-order valence-electron chi connectivity index (χ3n) is 2.60. The second-order valence-corrected chi connectivity index (χ2v) is 4.53. The number of hydrogen-bond acceptors (Lipinski definition) is 1. The summed E-state index contributed by atoms with van der Waals surface area (Å²) < 4.78 is 38.6. The minimum absolute atomic E-state index is 0.315. The largest absolute Gasteiger partial charge is 0.481 e. The molecule has 0 saturated carbocycles. The molecule has 0 aliphatic carbocycles. The molecule has 0 aromatic rings. The molecule has 0 heterocycles. The smallest absolute Gasteiger partial charge is 0.405 e. The third-order valence-corrected chi connectivity index (χ3v) is 2.60. The van der Waals surface area contributed by atoms with Gasteiger partial charge in [0.1, 0.15) is 0 Å². The van der Waals surface area contributed by atoms with Crippen LogP contribution in [0.1, 0.15) is 34.1 Å². The summed E-state index contributed by atoms with van der Waals surface area (Å²) in [7, 11) is 0. The highest BCUT2D eigenvalue weighted by molar-refractivity contribution is 5.76. The fourth-order valence-corrected chi connectivity index (χ4v) is 1.78. The Balaban J connectivity index is 5.39. The SMILES string of the molecule is CC(C)CC(C(=O)O)(C(C)C)C(F)(F)F. The van der Waals surface area contributed by atoms with Crippen molar-refractivity contribution < 1.29 is 23.1 Å². The Hall–Kier alpha value is -0.740. The molecule has 0 radical (unpaired) electrons. The Labute approximate surface area is 87.5 Å². The predicted octanol–water partition coefficient (Wildman–Crippen LogP) is 3.32. The zero-order chi connectivity index (χ0) is 12.4. The number of halogens is 3. The van der Waals surface area contributed by atoms with Crippen LogP contribution < -0.4 is 0 Å². The lowest BCUT2D eigenvalue weighted by atomic mass is 9.71. The van der Waals surface area contributed by atoms with Gasteiger partial charge in [-0.1, -0.05) is 27.7 Å². The van der Waals surface area contributed by atoms with Crippen molar-refractivity contribution in [3.05, 3.63) is 0 Å². The zero-order valence-electron chi connectivity index (χ0n) is 9.35. The molecular formula is C10H17F3O2. The number of hydrogen-bond donors (Lipinski definition) is 1. The lowest BCUT2D eigenvalue weighted by Crippen LogP contribution is -2.49. The highest BCUT2D eigenvalue weighted by Crippen LogP contribution is 2.48. The van der Waals surface area contributed by atoms with E-state index in [0.29, 0.717) is 0 Å². The van der Waals surface area contributed by atoms with Gasteiger partial charge in [-0.3, -0.25) is 4.79 Å². The van der Waals surface area contributed by atoms with E-state index in [1.54, 1.807) is 13.8 Å². The summed E-state index contributed by atoms with van der Waals surface area (Å²) in [5, 5.41) is 8.86. The molecule has 0 saturated heterocycles. The van der Waals surface area contributed by atoms with Gasteiger partial charge in [-0.05, 0) is 18.3 Å². The van der Waals surface area contributed by atoms with Crippen molar-refractivity contribution in [1.82, 2.24) is 0 Å². The average Bonchev–Trinajstić information content (AvgIpc) is 1.95. The van der Waals surface area contributed by atoms with Crippen LogP contribution in [-0.4, -0.2) is 17.3 Å². The average molecular weight is 226 g/mol. The molecule has 90 valence electrons. The molecule has 15 heavy (non-hydrogen) atoms. The van der Waals surface area contributed by atoms with Gasteiger partial charge < -0.3 is 5.11 Å². The van der Waals surface area contributed by atoms with E-state index in [1.165, 1.54) is 13.8 Å². The van der Waals surface area contributed by atoms with Gasteiger partial charge in [0.15, 0.2) is 5.41 Å². The number of carbonyl (C=O) groups is 1. The molecule has 0 bridgehead atoms. The topological polar surface area (TPSA) is 37.3 Å². The maximum Gasteiger partial charge on any atom is 0.405 e. The molecule has 0 aliphatic heterocycles. The van der Waals surface area contributed by atoms with Crippen LogP contribution in [0.3, 0.4) is 0 Å². The van der Waals surface area contributed by atoms with Crippen molar-refractivity contribution in [2.75, 3.05) is 0 Å². The summed E-state index contributed by atoms with van der Waals surface area (Å²) in [4.78, 5) is 10.9. The van der Waals surface area contributed by atoms with Gasteiger partial charge >= 0.3 is 12.1 Å². The van der Waals surface area contributed by atoms with E-state index in [0.717, 1.165) is 0 Å². The second-order valence-electron chi connectivity index (χ2n) is 4.53. The number of alkyl halides is 3. The first-order chi connectivity index (χ1) is 6.55. The predicted molar refractivity (Wildman–Crippen MR) is 50.4 cm³/mol. The number of aliphatic carboxylic acids is 1. The quantitative estimate of drug-likeness (QED) is 0.798. The van der Waals surface area contributed by atoms with Gasteiger partial charge in [-0.2, -0.15) is 13.2 Å². The minimum Gasteiger partial charge on any atom is -0.481 e. The molecular weight excluding hydrogens is 209 g/mol. The van der Waals surface area contributed by atoms with E-state index in [1.807, 2.05) is 0 Å². The summed E-state index contributed by atoms with van der Waals surface area (Å²) >= 11 is 0. The van der Waals surface area contributed by atoms with Crippen LogP contribution >= 0.6 is 0 Å². The van der Waals surface area contributed by atoms with E-state index in [4.69, 9.17) is 5.11 Å². The van der Waals surface area contributed by atoms with Gasteiger partial charge in [-0.15, -0.1) is 0 Å². The number of rotatable bonds is 4. The highest BCUT2D eigenvalue weighted by atomic mass is 19.4. The van der Waals surface area contributed by atoms with Gasteiger partial charge in [0, 0.05) is 0 Å². The first-order valence-corrected chi connectivity index (χ1v) is 4.85. The number of carboxylic acid groups (broad SMARTS) is 1. The van der Waals surface area contributed by atoms with E-state index < -0.39 is 23.5 Å². The Kier molecular flexibility index (Phi) is 4.19. The summed E-state index contributed by atoms with van der Waals surface area (Å²) in [6.07, 6.45) is -5.10. The molecule has 2 nitrogen and oxygen atoms in total. The first kappa shape index (κ1) is 14.3. The molecule has 1 N–H and O–H groups in total. The van der Waals surface area contributed by atoms with Crippen molar-refractivity contribution in [2.45, 2.75) is 40.3 Å². The van der Waals surface area contributed by atoms with Crippen LogP contribution in [0.2, 0.25) is 0 Å². The summed E-state index contributed by atoms with van der Waals surface area (Å²) in [6.45, 7) is 5.77. The van der Waals surface area contributed by atoms with E-state index in [9.17, 15) is 18.0 Å². The van der Waals surface area contributed by atoms with Crippen LogP contribution in [0, 0.1) is 17.3 Å². The van der Waals surface area contributed by atoms with Gasteiger partial charge in [0.2, 0.25) is 0 Å². The lowest BCUT2D eigenvalue weighted by Gasteiger charge is -2.36. The van der Waals surface area contributed by atoms with Crippen molar-refractivity contribution in [3.63, 3.8) is 0 Å². The van der Waals surface area contributed by atoms with Crippen molar-refractivity contribution in [2.24, 2.45) is 17.3 Å². The molecule has 0 spiro atoms. The van der Waals surface area contributed by atoms with E-state index in [2.05, 4.69) is 0 Å². The molecule has 0 aromatic heterocycles. The zero-order valence-corrected chi connectivity index (χ0v) is 9.35. The van der Waals surface area contributed by atoms with Crippen LogP contribution in [-0.2, 0) is 4.79 Å². The Morgan fingerprint density at radius 1 is 1.20 bits per heavy atom. The van der Waals surface area contributed by atoms with Crippen molar-refractivity contribution in [3.8, 4) is 0 Å². The van der Waals surface area contributed by atoms with Crippen molar-refractivity contribution >= 4 is 5.97 Å². The molecule has 5 heteroatoms. The third kappa shape index (κ3) is 2.63. The summed E-state index contributed by atoms with van der Waals surface area (Å²) in [6, 6.07) is 0. The Morgan fingerprint density at radius 2 is 1.60 bits per heavy atom. The molecule has 0 aromatic carbocycles. The maximum atomic E-state index is 12.9. The van der Waals surface area contributed by atoms with Gasteiger partial charge in [0.05, 0.1) is 0 Å². The minimum atomic E-state index is -4.71. The molecule has 0 aliphatic rings. The van der Waals surface area contributed by atoms with Crippen LogP contribution in [0.15, 0.2) is 0 Å². The van der Waals surface area contributed by atoms with Gasteiger partial charge in [0.25, 0.3) is 0 Å². The number of carboxylic acids is 1. The van der Waals surface area contributed by atoms with E-state index in [-0.39, 0.29) is 12.3 Å². The van der Waals surface area contributed by atoms with E-state index >= 15 is 0 Å². The normalized spacial score (nSPS) is 16.9. The van der Waals surface area contributed by atoms with Crippen LogP contribution in [0.25, 0.3) is 0 Å². The fraction of sp³-hybridized carbons (Fsp3) is 0.900. The summed E-state index contributed by atoms with van der Waals surface area (Å²) in [5.41, 5.74) is -2.62. The Morgan fingerprint density at radius 3 is 1.67 bits per heavy atom.